The zero-order chi connectivity index (χ0) is 10.6. The van der Waals surface area contributed by atoms with Gasteiger partial charge in [0.25, 0.3) is 0 Å². The van der Waals surface area contributed by atoms with Crippen molar-refractivity contribution in [2.75, 3.05) is 6.61 Å². The van der Waals surface area contributed by atoms with Gasteiger partial charge < -0.3 is 10.5 Å². The molecule has 1 rings (SSSR count). The summed E-state index contributed by atoms with van der Waals surface area (Å²) in [4.78, 5) is 0.194. The number of ether oxygens (including phenoxy) is 1. The van der Waals surface area contributed by atoms with Crippen LogP contribution in [0, 0.1) is 5.82 Å². The van der Waals surface area contributed by atoms with E-state index >= 15 is 0 Å². The first kappa shape index (κ1) is 11.1. The predicted octanol–water partition coefficient (Wildman–Crippen LogP) is 2.00. The molecule has 0 spiro atoms. The van der Waals surface area contributed by atoms with E-state index in [1.807, 2.05) is 6.92 Å². The van der Waals surface area contributed by atoms with Gasteiger partial charge in [-0.2, -0.15) is 0 Å². The highest BCUT2D eigenvalue weighted by molar-refractivity contribution is 7.80. The van der Waals surface area contributed by atoms with E-state index in [1.165, 1.54) is 12.1 Å². The summed E-state index contributed by atoms with van der Waals surface area (Å²) in [5, 5.41) is 0. The molecule has 0 bridgehead atoms. The lowest BCUT2D eigenvalue weighted by atomic mass is 10.1. The second kappa shape index (κ2) is 5.02. The van der Waals surface area contributed by atoms with E-state index in [2.05, 4.69) is 0 Å². The monoisotopic (exact) mass is 213 g/mol. The second-order valence-corrected chi connectivity index (χ2v) is 3.24. The Morgan fingerprint density at radius 3 is 2.86 bits per heavy atom. The van der Waals surface area contributed by atoms with Gasteiger partial charge in [-0.3, -0.25) is 0 Å². The third-order valence-electron chi connectivity index (χ3n) is 1.80. The molecular formula is C10H12FNOS. The van der Waals surface area contributed by atoms with Crippen molar-refractivity contribution in [3.05, 3.63) is 35.1 Å². The molecule has 14 heavy (non-hydrogen) atoms. The van der Waals surface area contributed by atoms with Crippen molar-refractivity contribution < 1.29 is 9.13 Å². The molecule has 1 aromatic rings. The number of thiocarbonyl (C=S) groups is 1. The molecule has 0 saturated heterocycles. The number of hydrogen-bond acceptors (Lipinski definition) is 2. The van der Waals surface area contributed by atoms with Crippen LogP contribution in [0.5, 0.6) is 0 Å². The first-order chi connectivity index (χ1) is 6.65. The quantitative estimate of drug-likeness (QED) is 0.777. The van der Waals surface area contributed by atoms with Crippen molar-refractivity contribution in [2.24, 2.45) is 5.73 Å². The molecule has 0 aliphatic rings. The smallest absolute Gasteiger partial charge is 0.123 e. The number of halogens is 1. The van der Waals surface area contributed by atoms with Crippen LogP contribution in [-0.4, -0.2) is 11.6 Å². The van der Waals surface area contributed by atoms with Crippen LogP contribution in [0.1, 0.15) is 18.1 Å². The van der Waals surface area contributed by atoms with Crippen molar-refractivity contribution in [1.82, 2.24) is 0 Å². The Balaban J connectivity index is 2.96. The van der Waals surface area contributed by atoms with Crippen molar-refractivity contribution in [3.63, 3.8) is 0 Å². The van der Waals surface area contributed by atoms with Crippen molar-refractivity contribution >= 4 is 17.2 Å². The van der Waals surface area contributed by atoms with Crippen LogP contribution in [0.2, 0.25) is 0 Å². The molecule has 0 amide bonds. The fourth-order valence-corrected chi connectivity index (χ4v) is 1.31. The average molecular weight is 213 g/mol. The standard InChI is InChI=1S/C10H12FNOS/c1-2-13-6-7-3-4-8(11)5-9(7)10(12)14/h3-5H,2,6H2,1H3,(H2,12,14). The molecule has 2 nitrogen and oxygen atoms in total. The largest absolute Gasteiger partial charge is 0.389 e. The summed E-state index contributed by atoms with van der Waals surface area (Å²) >= 11 is 4.82. The highest BCUT2D eigenvalue weighted by Gasteiger charge is 2.06. The molecule has 0 radical (unpaired) electrons. The second-order valence-electron chi connectivity index (χ2n) is 2.80. The first-order valence-electron chi connectivity index (χ1n) is 4.31. The van der Waals surface area contributed by atoms with Crippen LogP contribution in [0.3, 0.4) is 0 Å². The normalized spacial score (nSPS) is 10.1. The van der Waals surface area contributed by atoms with Gasteiger partial charge in [0, 0.05) is 12.2 Å². The third kappa shape index (κ3) is 2.75. The molecule has 1 aromatic carbocycles. The van der Waals surface area contributed by atoms with E-state index in [-0.39, 0.29) is 10.8 Å². The molecule has 0 saturated carbocycles. The number of hydrogen-bond donors (Lipinski definition) is 1. The Hall–Kier alpha value is -1.00. The number of rotatable bonds is 4. The zero-order valence-corrected chi connectivity index (χ0v) is 8.73. The van der Waals surface area contributed by atoms with Crippen LogP contribution in [0.25, 0.3) is 0 Å². The van der Waals surface area contributed by atoms with Gasteiger partial charge in [0.2, 0.25) is 0 Å². The van der Waals surface area contributed by atoms with E-state index in [1.54, 1.807) is 6.07 Å². The molecule has 4 heteroatoms. The van der Waals surface area contributed by atoms with Crippen LogP contribution in [0.15, 0.2) is 18.2 Å². The zero-order valence-electron chi connectivity index (χ0n) is 7.92. The van der Waals surface area contributed by atoms with Crippen LogP contribution in [0.4, 0.5) is 4.39 Å². The molecular weight excluding hydrogens is 201 g/mol. The molecule has 0 aliphatic heterocycles. The maximum atomic E-state index is 12.9. The van der Waals surface area contributed by atoms with Gasteiger partial charge in [-0.25, -0.2) is 4.39 Å². The number of benzene rings is 1. The fourth-order valence-electron chi connectivity index (χ4n) is 1.12. The summed E-state index contributed by atoms with van der Waals surface area (Å²) in [6, 6.07) is 4.34. The summed E-state index contributed by atoms with van der Waals surface area (Å²) in [7, 11) is 0. The minimum atomic E-state index is -0.340. The minimum absolute atomic E-state index is 0.194. The Labute approximate surface area is 87.9 Å². The van der Waals surface area contributed by atoms with Gasteiger partial charge in [0.1, 0.15) is 10.8 Å². The Kier molecular flexibility index (Phi) is 3.98. The molecule has 0 aromatic heterocycles. The van der Waals surface area contributed by atoms with Gasteiger partial charge in [0.15, 0.2) is 0 Å². The van der Waals surface area contributed by atoms with Crippen molar-refractivity contribution in [1.29, 1.82) is 0 Å². The Morgan fingerprint density at radius 1 is 1.57 bits per heavy atom. The van der Waals surface area contributed by atoms with Crippen molar-refractivity contribution in [2.45, 2.75) is 13.5 Å². The SMILES string of the molecule is CCOCc1ccc(F)cc1C(N)=S. The van der Waals surface area contributed by atoms with Crippen LogP contribution in [-0.2, 0) is 11.3 Å². The maximum absolute atomic E-state index is 12.9. The van der Waals surface area contributed by atoms with E-state index in [4.69, 9.17) is 22.7 Å². The fraction of sp³-hybridized carbons (Fsp3) is 0.300. The molecule has 0 atom stereocenters. The van der Waals surface area contributed by atoms with Crippen molar-refractivity contribution in [3.8, 4) is 0 Å². The topological polar surface area (TPSA) is 35.2 Å². The third-order valence-corrected chi connectivity index (χ3v) is 2.02. The highest BCUT2D eigenvalue weighted by atomic mass is 32.1. The summed E-state index contributed by atoms with van der Waals surface area (Å²) < 4.78 is 18.1. The van der Waals surface area contributed by atoms with E-state index in [0.717, 1.165) is 5.56 Å². The molecule has 2 N–H and O–H groups in total. The molecule has 0 aliphatic carbocycles. The van der Waals surface area contributed by atoms with Crippen LogP contribution < -0.4 is 5.73 Å². The van der Waals surface area contributed by atoms with E-state index in [0.29, 0.717) is 18.8 Å². The Bertz CT molecular complexity index is 341. The summed E-state index contributed by atoms with van der Waals surface area (Å²) in [6.45, 7) is 2.90. The highest BCUT2D eigenvalue weighted by Crippen LogP contribution is 2.12. The summed E-state index contributed by atoms with van der Waals surface area (Å²) in [5.74, 6) is -0.340. The first-order valence-corrected chi connectivity index (χ1v) is 4.72. The number of nitrogens with two attached hydrogens (primary N) is 1. The molecule has 0 heterocycles. The minimum Gasteiger partial charge on any atom is -0.389 e. The van der Waals surface area contributed by atoms with Gasteiger partial charge in [-0.05, 0) is 24.6 Å². The van der Waals surface area contributed by atoms with Gasteiger partial charge in [0.05, 0.1) is 6.61 Å². The van der Waals surface area contributed by atoms with E-state index < -0.39 is 0 Å². The average Bonchev–Trinajstić information content (AvgIpc) is 2.15. The van der Waals surface area contributed by atoms with Gasteiger partial charge in [-0.1, -0.05) is 18.3 Å². The van der Waals surface area contributed by atoms with E-state index in [9.17, 15) is 4.39 Å². The summed E-state index contributed by atoms with van der Waals surface area (Å²) in [5.41, 5.74) is 6.83. The predicted molar refractivity (Wildman–Crippen MR) is 57.6 cm³/mol. The molecule has 0 unspecified atom stereocenters. The summed E-state index contributed by atoms with van der Waals surface area (Å²) in [6.07, 6.45) is 0. The maximum Gasteiger partial charge on any atom is 0.123 e. The lowest BCUT2D eigenvalue weighted by Gasteiger charge is -2.07. The molecule has 0 fully saturated rings. The lowest BCUT2D eigenvalue weighted by molar-refractivity contribution is 0.134. The Morgan fingerprint density at radius 2 is 2.29 bits per heavy atom. The molecule has 76 valence electrons. The van der Waals surface area contributed by atoms with Crippen LogP contribution >= 0.6 is 12.2 Å². The lowest BCUT2D eigenvalue weighted by Crippen LogP contribution is -2.13. The van der Waals surface area contributed by atoms with Gasteiger partial charge >= 0.3 is 0 Å². The van der Waals surface area contributed by atoms with Gasteiger partial charge in [-0.15, -0.1) is 0 Å².